The summed E-state index contributed by atoms with van der Waals surface area (Å²) in [6, 6.07) is 24.8. The van der Waals surface area contributed by atoms with Gasteiger partial charge >= 0.3 is 0 Å². The van der Waals surface area contributed by atoms with Crippen LogP contribution in [0, 0.1) is 0 Å². The van der Waals surface area contributed by atoms with Crippen LogP contribution in [0.2, 0.25) is 0 Å². The maximum atomic E-state index is 2.41. The van der Waals surface area contributed by atoms with E-state index in [9.17, 15) is 0 Å². The summed E-state index contributed by atoms with van der Waals surface area (Å²) in [6.45, 7) is 6.41. The molecule has 2 aliphatic rings. The van der Waals surface area contributed by atoms with E-state index in [1.165, 1.54) is 59.3 Å². The molecule has 0 radical (unpaired) electrons. The SMILES string of the molecule is C\C=C/C=C1\Cc2ccccc2C\C1=C/C=C(\C)N(/C=C/C)C1C=CC(c2ccc3sc4ccccc4c3c2)=CC1. The number of hydrogen-bond donors (Lipinski definition) is 0. The average Bonchev–Trinajstić information content (AvgIpc) is 3.39. The van der Waals surface area contributed by atoms with Gasteiger partial charge in [-0.15, -0.1) is 11.3 Å². The third-order valence-electron chi connectivity index (χ3n) is 8.17. The minimum atomic E-state index is 0.292. The normalized spacial score (nSPS) is 19.6. The monoisotopic (exact) mass is 551 g/mol. The number of benzene rings is 3. The highest BCUT2D eigenvalue weighted by Crippen LogP contribution is 2.36. The van der Waals surface area contributed by atoms with Gasteiger partial charge in [-0.25, -0.2) is 0 Å². The Kier molecular flexibility index (Phi) is 8.02. The van der Waals surface area contributed by atoms with E-state index < -0.39 is 0 Å². The van der Waals surface area contributed by atoms with Crippen molar-refractivity contribution in [3.05, 3.63) is 161 Å². The molecule has 1 unspecified atom stereocenters. The van der Waals surface area contributed by atoms with Gasteiger partial charge < -0.3 is 4.90 Å². The third kappa shape index (κ3) is 5.71. The Bertz CT molecular complexity index is 1800. The van der Waals surface area contributed by atoms with Crippen LogP contribution in [0.3, 0.4) is 0 Å². The van der Waals surface area contributed by atoms with Gasteiger partial charge in [0.15, 0.2) is 0 Å². The molecule has 2 heteroatoms. The third-order valence-corrected chi connectivity index (χ3v) is 9.32. The molecule has 4 aromatic rings. The zero-order chi connectivity index (χ0) is 28.2. The second-order valence-electron chi connectivity index (χ2n) is 10.9. The summed E-state index contributed by atoms with van der Waals surface area (Å²) in [7, 11) is 0. The van der Waals surface area contributed by atoms with Crippen molar-refractivity contribution in [2.24, 2.45) is 0 Å². The second-order valence-corrected chi connectivity index (χ2v) is 11.9. The molecule has 0 bridgehead atoms. The summed E-state index contributed by atoms with van der Waals surface area (Å²) in [5.41, 5.74) is 9.54. The molecule has 0 amide bonds. The number of thiophene rings is 1. The van der Waals surface area contributed by atoms with Gasteiger partial charge in [0.2, 0.25) is 0 Å². The van der Waals surface area contributed by atoms with Crippen molar-refractivity contribution in [1.29, 1.82) is 0 Å². The highest BCUT2D eigenvalue weighted by molar-refractivity contribution is 7.25. The van der Waals surface area contributed by atoms with E-state index in [0.717, 1.165) is 19.3 Å². The topological polar surface area (TPSA) is 3.24 Å². The summed E-state index contributed by atoms with van der Waals surface area (Å²) >= 11 is 1.88. The van der Waals surface area contributed by atoms with Crippen LogP contribution >= 0.6 is 11.3 Å². The quantitative estimate of drug-likeness (QED) is 0.230. The van der Waals surface area contributed by atoms with Gasteiger partial charge in [0.05, 0.1) is 6.04 Å². The van der Waals surface area contributed by atoms with Crippen molar-refractivity contribution >= 4 is 37.1 Å². The Labute approximate surface area is 248 Å². The number of hydrogen-bond acceptors (Lipinski definition) is 2. The predicted molar refractivity (Wildman–Crippen MR) is 180 cm³/mol. The van der Waals surface area contributed by atoms with E-state index in [1.807, 2.05) is 11.3 Å². The average molecular weight is 552 g/mol. The molecule has 41 heavy (non-hydrogen) atoms. The first-order valence-electron chi connectivity index (χ1n) is 14.6. The summed E-state index contributed by atoms with van der Waals surface area (Å²) < 4.78 is 2.71. The molecule has 2 aliphatic carbocycles. The zero-order valence-corrected chi connectivity index (χ0v) is 25.0. The Balaban J connectivity index is 1.23. The predicted octanol–water partition coefficient (Wildman–Crippen LogP) is 10.7. The molecule has 0 saturated heterocycles. The largest absolute Gasteiger partial charge is 0.345 e. The smallest absolute Gasteiger partial charge is 0.0551 e. The van der Waals surface area contributed by atoms with Crippen molar-refractivity contribution in [2.45, 2.75) is 46.1 Å². The minimum Gasteiger partial charge on any atom is -0.345 e. The van der Waals surface area contributed by atoms with E-state index in [-0.39, 0.29) is 0 Å². The fourth-order valence-electron chi connectivity index (χ4n) is 5.98. The van der Waals surface area contributed by atoms with Crippen LogP contribution in [0.4, 0.5) is 0 Å². The Hall–Kier alpha value is -4.14. The lowest BCUT2D eigenvalue weighted by atomic mass is 9.83. The van der Waals surface area contributed by atoms with Crippen molar-refractivity contribution in [3.63, 3.8) is 0 Å². The highest BCUT2D eigenvalue weighted by atomic mass is 32.1. The molecule has 1 nitrogen and oxygen atoms in total. The lowest BCUT2D eigenvalue weighted by Gasteiger charge is -2.30. The van der Waals surface area contributed by atoms with E-state index in [2.05, 4.69) is 153 Å². The molecule has 1 heterocycles. The molecular formula is C39H37NS. The van der Waals surface area contributed by atoms with Gasteiger partial charge in [-0.1, -0.05) is 97.1 Å². The molecule has 0 fully saturated rings. The Morgan fingerprint density at radius 2 is 1.56 bits per heavy atom. The number of rotatable bonds is 6. The molecule has 1 atom stereocenters. The molecule has 1 aromatic heterocycles. The molecule has 0 saturated carbocycles. The lowest BCUT2D eigenvalue weighted by molar-refractivity contribution is 0.394. The first-order chi connectivity index (χ1) is 20.1. The van der Waals surface area contributed by atoms with Crippen LogP contribution in [0.5, 0.6) is 0 Å². The van der Waals surface area contributed by atoms with E-state index >= 15 is 0 Å². The van der Waals surface area contributed by atoms with Gasteiger partial charge in [0.25, 0.3) is 0 Å². The van der Waals surface area contributed by atoms with Gasteiger partial charge in [-0.2, -0.15) is 0 Å². The highest BCUT2D eigenvalue weighted by Gasteiger charge is 2.19. The van der Waals surface area contributed by atoms with E-state index in [1.54, 1.807) is 0 Å². The second kappa shape index (κ2) is 12.2. The molecule has 0 N–H and O–H groups in total. The van der Waals surface area contributed by atoms with Crippen LogP contribution in [-0.4, -0.2) is 10.9 Å². The standard InChI is InChI=1S/C39H37NS/c1-4-6-11-30-25-31-12-7-8-13-32(31)26-33(30)17-16-28(3)40(24-5-2)35-21-18-29(19-22-35)34-20-23-39-37(27-34)36-14-9-10-15-38(36)41-39/h4-21,23-24,27,35H,22,25-26H2,1-3H3/b6-4-,24-5+,28-16+,30-11+,33-17+. The summed E-state index contributed by atoms with van der Waals surface area (Å²) in [6.07, 6.45) is 25.6. The van der Waals surface area contributed by atoms with Crippen molar-refractivity contribution < 1.29 is 0 Å². The summed E-state index contributed by atoms with van der Waals surface area (Å²) in [5.74, 6) is 0. The van der Waals surface area contributed by atoms with Gasteiger partial charge in [0, 0.05) is 32.1 Å². The van der Waals surface area contributed by atoms with Gasteiger partial charge in [0.1, 0.15) is 0 Å². The molecule has 3 aromatic carbocycles. The molecule has 204 valence electrons. The van der Waals surface area contributed by atoms with E-state index in [0.29, 0.717) is 6.04 Å². The molecular weight excluding hydrogens is 515 g/mol. The Morgan fingerprint density at radius 1 is 0.829 bits per heavy atom. The Morgan fingerprint density at radius 3 is 2.29 bits per heavy atom. The number of nitrogens with zero attached hydrogens (tertiary/aromatic N) is 1. The minimum absolute atomic E-state index is 0.292. The molecule has 0 spiro atoms. The van der Waals surface area contributed by atoms with Crippen LogP contribution in [-0.2, 0) is 12.8 Å². The number of allylic oxidation sites excluding steroid dienone is 11. The first-order valence-corrected chi connectivity index (χ1v) is 15.4. The summed E-state index contributed by atoms with van der Waals surface area (Å²) in [5, 5.41) is 2.71. The first kappa shape index (κ1) is 27.1. The van der Waals surface area contributed by atoms with Crippen molar-refractivity contribution in [1.82, 2.24) is 4.90 Å². The van der Waals surface area contributed by atoms with Gasteiger partial charge in [-0.3, -0.25) is 0 Å². The summed E-state index contributed by atoms with van der Waals surface area (Å²) in [4.78, 5) is 2.41. The zero-order valence-electron chi connectivity index (χ0n) is 24.2. The molecule has 6 rings (SSSR count). The fraction of sp³-hybridized carbons (Fsp3) is 0.179. The maximum absolute atomic E-state index is 2.41. The van der Waals surface area contributed by atoms with Crippen molar-refractivity contribution in [2.75, 3.05) is 0 Å². The van der Waals surface area contributed by atoms with Crippen molar-refractivity contribution in [3.8, 4) is 0 Å². The maximum Gasteiger partial charge on any atom is 0.0551 e. The fourth-order valence-corrected chi connectivity index (χ4v) is 7.06. The van der Waals surface area contributed by atoms with Crippen LogP contribution in [0.25, 0.3) is 25.7 Å². The van der Waals surface area contributed by atoms with Crippen LogP contribution in [0.1, 0.15) is 43.9 Å². The van der Waals surface area contributed by atoms with Crippen LogP contribution in [0.15, 0.2) is 144 Å². The number of fused-ring (bicyclic) bond motifs is 4. The lowest BCUT2D eigenvalue weighted by Crippen LogP contribution is -2.28. The van der Waals surface area contributed by atoms with Gasteiger partial charge in [-0.05, 0) is 97.7 Å². The van der Waals surface area contributed by atoms with E-state index in [4.69, 9.17) is 0 Å². The molecule has 0 aliphatic heterocycles. The van der Waals surface area contributed by atoms with Crippen LogP contribution < -0.4 is 0 Å².